The Morgan fingerprint density at radius 3 is 2.53 bits per heavy atom. The van der Waals surface area contributed by atoms with E-state index in [2.05, 4.69) is 37.6 Å². The van der Waals surface area contributed by atoms with Crippen molar-refractivity contribution in [3.63, 3.8) is 0 Å². The van der Waals surface area contributed by atoms with E-state index in [4.69, 9.17) is 10.5 Å². The summed E-state index contributed by atoms with van der Waals surface area (Å²) in [6.45, 7) is 5.37. The van der Waals surface area contributed by atoms with Gasteiger partial charge < -0.3 is 10.5 Å². The van der Waals surface area contributed by atoms with E-state index < -0.39 is 0 Å². The highest BCUT2D eigenvalue weighted by Crippen LogP contribution is 2.09. The molecule has 1 aromatic rings. The molecule has 0 spiro atoms. The summed E-state index contributed by atoms with van der Waals surface area (Å²) in [6.07, 6.45) is 12.1. The number of benzene rings is 1. The molecule has 0 aliphatic carbocycles. The van der Waals surface area contributed by atoms with Crippen LogP contribution in [0.25, 0.3) is 6.08 Å². The molecule has 2 rings (SSSR count). The van der Waals surface area contributed by atoms with Gasteiger partial charge in [0.25, 0.3) is 0 Å². The summed E-state index contributed by atoms with van der Waals surface area (Å²) in [6, 6.07) is 7.91. The number of anilines is 1. The Bertz CT molecular complexity index is 472. The molecule has 1 aromatic carbocycles. The fourth-order valence-corrected chi connectivity index (χ4v) is 1.86. The van der Waals surface area contributed by atoms with Crippen molar-refractivity contribution in [2.24, 2.45) is 0 Å². The molecule has 0 saturated carbocycles. The molecule has 1 atom stereocenters. The van der Waals surface area contributed by atoms with Crippen LogP contribution in [0.5, 0.6) is 0 Å². The average molecular weight is 257 g/mol. The summed E-state index contributed by atoms with van der Waals surface area (Å²) < 4.78 is 0. The van der Waals surface area contributed by atoms with E-state index >= 15 is 0 Å². The molecule has 0 fully saturated rings. The Morgan fingerprint density at radius 1 is 1.21 bits per heavy atom. The number of carbonyl (C=O) groups excluding carboxylic acids is 1. The lowest BCUT2D eigenvalue weighted by Crippen LogP contribution is -3.01. The zero-order chi connectivity index (χ0) is 14.1. The van der Waals surface area contributed by atoms with Crippen molar-refractivity contribution >= 4 is 18.6 Å². The Kier molecular flexibility index (Phi) is 6.33. The quantitative estimate of drug-likeness (QED) is 0.808. The highest BCUT2D eigenvalue weighted by Gasteiger charge is 2.07. The van der Waals surface area contributed by atoms with E-state index in [9.17, 15) is 0 Å². The number of carbonyl (C=O) groups is 1. The third-order valence-electron chi connectivity index (χ3n) is 2.79. The second-order valence-corrected chi connectivity index (χ2v) is 4.30. The predicted octanol–water partition coefficient (Wildman–Crippen LogP) is 1.80. The third kappa shape index (κ3) is 4.94. The van der Waals surface area contributed by atoms with E-state index in [-0.39, 0.29) is 0 Å². The molecule has 100 valence electrons. The molecule has 0 amide bonds. The smallest absolute Gasteiger partial charge is 0.106 e. The Balaban J connectivity index is 0.000000861. The van der Waals surface area contributed by atoms with Crippen molar-refractivity contribution in [2.75, 3.05) is 12.3 Å². The van der Waals surface area contributed by atoms with Crippen molar-refractivity contribution < 1.29 is 9.69 Å². The number of allylic oxidation sites excluding steroid dienone is 3. The second-order valence-electron chi connectivity index (χ2n) is 4.30. The van der Waals surface area contributed by atoms with E-state index in [1.165, 1.54) is 22.5 Å². The second kappa shape index (κ2) is 8.06. The van der Waals surface area contributed by atoms with Crippen molar-refractivity contribution in [2.45, 2.75) is 13.3 Å². The van der Waals surface area contributed by atoms with E-state index in [0.717, 1.165) is 12.2 Å². The number of nitrogen functional groups attached to an aromatic ring is 1. The molecule has 1 unspecified atom stereocenters. The zero-order valence-corrected chi connectivity index (χ0v) is 11.3. The molecule has 0 radical (unpaired) electrons. The summed E-state index contributed by atoms with van der Waals surface area (Å²) in [5, 5.41) is 0. The zero-order valence-electron chi connectivity index (χ0n) is 11.3. The minimum atomic E-state index is 0.806. The molecule has 0 saturated heterocycles. The van der Waals surface area contributed by atoms with E-state index in [1.807, 2.05) is 31.1 Å². The van der Waals surface area contributed by atoms with Crippen LogP contribution in [0.2, 0.25) is 0 Å². The molecule has 3 nitrogen and oxygen atoms in total. The normalized spacial score (nSPS) is 17.1. The summed E-state index contributed by atoms with van der Waals surface area (Å²) in [7, 11) is 0. The van der Waals surface area contributed by atoms with Gasteiger partial charge in [0.2, 0.25) is 0 Å². The highest BCUT2D eigenvalue weighted by molar-refractivity contribution is 5.57. The van der Waals surface area contributed by atoms with Crippen molar-refractivity contribution in [1.29, 1.82) is 0 Å². The third-order valence-corrected chi connectivity index (χ3v) is 2.79. The standard InChI is InChI=1S/C15H18N2.CH2O/c1-2-10-17-11-9-14(12-17)4-3-13-5-7-15(16)8-6-13;1-2/h3-9,11-12H,2,10,16H2,1H3;1H2/p+1/b4-3+;. The summed E-state index contributed by atoms with van der Waals surface area (Å²) in [4.78, 5) is 9.42. The first-order chi connectivity index (χ1) is 9.28. The minimum absolute atomic E-state index is 0.806. The topological polar surface area (TPSA) is 47.5 Å². The van der Waals surface area contributed by atoms with Crippen LogP contribution in [0.15, 0.2) is 54.4 Å². The van der Waals surface area contributed by atoms with Gasteiger partial charge >= 0.3 is 0 Å². The Hall–Kier alpha value is -2.13. The number of nitrogens with two attached hydrogens (primary N) is 1. The first-order valence-corrected chi connectivity index (χ1v) is 6.36. The molecule has 1 aliphatic heterocycles. The van der Waals surface area contributed by atoms with E-state index in [0.29, 0.717) is 0 Å². The maximum absolute atomic E-state index is 8.00. The van der Waals surface area contributed by atoms with Gasteiger partial charge in [0.15, 0.2) is 0 Å². The molecular formula is C16H21N2O+. The molecule has 1 heterocycles. The maximum Gasteiger partial charge on any atom is 0.106 e. The van der Waals surface area contributed by atoms with Crippen LogP contribution in [-0.2, 0) is 4.79 Å². The van der Waals surface area contributed by atoms with Gasteiger partial charge in [-0.3, -0.25) is 4.90 Å². The van der Waals surface area contributed by atoms with Crippen LogP contribution < -0.4 is 10.6 Å². The molecular weight excluding hydrogens is 236 g/mol. The molecule has 0 bridgehead atoms. The van der Waals surface area contributed by atoms with Crippen LogP contribution in [-0.4, -0.2) is 13.3 Å². The van der Waals surface area contributed by atoms with Crippen LogP contribution in [0, 0.1) is 0 Å². The highest BCUT2D eigenvalue weighted by atomic mass is 16.1. The largest absolute Gasteiger partial charge is 0.399 e. The van der Waals surface area contributed by atoms with Crippen molar-refractivity contribution in [3.05, 3.63) is 60.0 Å². The van der Waals surface area contributed by atoms with Gasteiger partial charge in [-0.2, -0.15) is 0 Å². The predicted molar refractivity (Wildman–Crippen MR) is 80.4 cm³/mol. The Labute approximate surface area is 114 Å². The summed E-state index contributed by atoms with van der Waals surface area (Å²) in [5.74, 6) is 0. The molecule has 1 aliphatic rings. The number of rotatable bonds is 4. The number of hydrogen-bond donors (Lipinski definition) is 2. The average Bonchev–Trinajstić information content (AvgIpc) is 2.89. The SMILES string of the molecule is C=O.CCC[NH+]1C=CC(/C=C/c2ccc(N)cc2)=C1. The van der Waals surface area contributed by atoms with Crippen molar-refractivity contribution in [1.82, 2.24) is 0 Å². The van der Waals surface area contributed by atoms with Crippen molar-refractivity contribution in [3.8, 4) is 0 Å². The van der Waals surface area contributed by atoms with Gasteiger partial charge in [0.1, 0.15) is 13.0 Å². The lowest BCUT2D eigenvalue weighted by Gasteiger charge is -2.02. The van der Waals surface area contributed by atoms with Gasteiger partial charge in [0.05, 0.1) is 12.7 Å². The molecule has 3 heteroatoms. The van der Waals surface area contributed by atoms with Gasteiger partial charge in [0, 0.05) is 17.3 Å². The molecule has 19 heavy (non-hydrogen) atoms. The fraction of sp³-hybridized carbons (Fsp3) is 0.188. The lowest BCUT2D eigenvalue weighted by molar-refractivity contribution is -0.787. The minimum Gasteiger partial charge on any atom is -0.399 e. The maximum atomic E-state index is 8.00. The van der Waals surface area contributed by atoms with Gasteiger partial charge in [-0.1, -0.05) is 25.1 Å². The summed E-state index contributed by atoms with van der Waals surface area (Å²) in [5.41, 5.74) is 8.90. The van der Waals surface area contributed by atoms with Gasteiger partial charge in [-0.15, -0.1) is 0 Å². The van der Waals surface area contributed by atoms with Crippen LogP contribution in [0.4, 0.5) is 5.69 Å². The van der Waals surface area contributed by atoms with Crippen LogP contribution in [0.1, 0.15) is 18.9 Å². The van der Waals surface area contributed by atoms with Crippen LogP contribution in [0.3, 0.4) is 0 Å². The van der Waals surface area contributed by atoms with Crippen LogP contribution >= 0.6 is 0 Å². The van der Waals surface area contributed by atoms with E-state index in [1.54, 1.807) is 0 Å². The number of quaternary nitrogens is 1. The summed E-state index contributed by atoms with van der Waals surface area (Å²) >= 11 is 0. The molecule has 0 aromatic heterocycles. The molecule has 3 N–H and O–H groups in total. The fourth-order valence-electron chi connectivity index (χ4n) is 1.86. The first-order valence-electron chi connectivity index (χ1n) is 6.36. The van der Waals surface area contributed by atoms with Gasteiger partial charge in [-0.05, 0) is 30.2 Å². The first kappa shape index (κ1) is 14.9. The number of hydrogen-bond acceptors (Lipinski definition) is 2. The number of nitrogens with one attached hydrogen (secondary N) is 1. The van der Waals surface area contributed by atoms with Gasteiger partial charge in [-0.25, -0.2) is 0 Å². The lowest BCUT2D eigenvalue weighted by atomic mass is 10.1. The monoisotopic (exact) mass is 257 g/mol. The Morgan fingerprint density at radius 2 is 1.89 bits per heavy atom.